The molecule has 0 aliphatic heterocycles. The van der Waals surface area contributed by atoms with Gasteiger partial charge >= 0.3 is 12.1 Å². The highest BCUT2D eigenvalue weighted by atomic mass is 16.6. The van der Waals surface area contributed by atoms with Crippen LogP contribution >= 0.6 is 0 Å². The zero-order valence-corrected chi connectivity index (χ0v) is 9.46. The molecule has 88 valence electrons. The number of carboxylic acid groups (broad SMARTS) is 1. The number of carbonyl (C=O) groups excluding carboxylic acids is 1. The predicted molar refractivity (Wildman–Crippen MR) is 54.7 cm³/mol. The minimum Gasteiger partial charge on any atom is -0.480 e. The highest BCUT2D eigenvalue weighted by Gasteiger charge is 2.19. The second-order valence-electron chi connectivity index (χ2n) is 4.06. The Bertz CT molecular complexity index is 235. The maximum absolute atomic E-state index is 11.1. The highest BCUT2D eigenvalue weighted by molar-refractivity contribution is 5.75. The fraction of sp³-hybridized carbons (Fsp3) is 0.778. The molecule has 0 aromatic rings. The molecule has 0 fully saturated rings. The first-order valence-corrected chi connectivity index (χ1v) is 4.63. The fourth-order valence-corrected chi connectivity index (χ4v) is 0.812. The van der Waals surface area contributed by atoms with Crippen molar-refractivity contribution in [1.82, 2.24) is 10.6 Å². The molecule has 1 amide bonds. The molecule has 3 N–H and O–H groups in total. The summed E-state index contributed by atoms with van der Waals surface area (Å²) in [6, 6.07) is -0.808. The van der Waals surface area contributed by atoms with E-state index < -0.39 is 23.7 Å². The summed E-state index contributed by atoms with van der Waals surface area (Å²) < 4.78 is 4.94. The van der Waals surface area contributed by atoms with E-state index in [9.17, 15) is 9.59 Å². The smallest absolute Gasteiger partial charge is 0.407 e. The molecule has 0 aliphatic rings. The molecule has 0 saturated carbocycles. The van der Waals surface area contributed by atoms with E-state index >= 15 is 0 Å². The Hall–Kier alpha value is -1.30. The average Bonchev–Trinajstić information content (AvgIpc) is 2.01. The maximum Gasteiger partial charge on any atom is 0.407 e. The molecular formula is C9H18N2O4. The van der Waals surface area contributed by atoms with Crippen LogP contribution in [0.25, 0.3) is 0 Å². The van der Waals surface area contributed by atoms with Crippen LogP contribution in [0.5, 0.6) is 0 Å². The Labute approximate surface area is 89.0 Å². The van der Waals surface area contributed by atoms with Crippen molar-refractivity contribution in [1.29, 1.82) is 0 Å². The van der Waals surface area contributed by atoms with Crippen molar-refractivity contribution >= 4 is 12.1 Å². The standard InChI is InChI=1S/C9H18N2O4/c1-9(2,3)15-8(14)11-5-6(10-4)7(12)13/h6,10H,5H2,1-4H3,(H,11,14)(H,12,13). The third kappa shape index (κ3) is 6.73. The Morgan fingerprint density at radius 3 is 2.27 bits per heavy atom. The lowest BCUT2D eigenvalue weighted by molar-refractivity contribution is -0.139. The molecule has 0 rings (SSSR count). The van der Waals surface area contributed by atoms with Crippen LogP contribution in [-0.4, -0.2) is 42.4 Å². The average molecular weight is 218 g/mol. The molecule has 6 heteroatoms. The molecule has 0 radical (unpaired) electrons. The number of hydrogen-bond donors (Lipinski definition) is 3. The van der Waals surface area contributed by atoms with Crippen LogP contribution in [-0.2, 0) is 9.53 Å². The van der Waals surface area contributed by atoms with E-state index in [2.05, 4.69) is 10.6 Å². The van der Waals surface area contributed by atoms with Gasteiger partial charge in [0, 0.05) is 6.54 Å². The van der Waals surface area contributed by atoms with Gasteiger partial charge in [-0.05, 0) is 27.8 Å². The van der Waals surface area contributed by atoms with Crippen molar-refractivity contribution in [2.24, 2.45) is 0 Å². The maximum atomic E-state index is 11.1. The van der Waals surface area contributed by atoms with E-state index in [1.807, 2.05) is 0 Å². The van der Waals surface area contributed by atoms with E-state index in [0.29, 0.717) is 0 Å². The monoisotopic (exact) mass is 218 g/mol. The minimum atomic E-state index is -1.02. The molecule has 15 heavy (non-hydrogen) atoms. The van der Waals surface area contributed by atoms with Gasteiger partial charge in [0.15, 0.2) is 0 Å². The number of aliphatic carboxylic acids is 1. The minimum absolute atomic E-state index is 0.0131. The third-order valence-corrected chi connectivity index (χ3v) is 1.50. The van der Waals surface area contributed by atoms with Crippen LogP contribution in [0.3, 0.4) is 0 Å². The number of alkyl carbamates (subject to hydrolysis) is 1. The summed E-state index contributed by atoms with van der Waals surface area (Å²) in [6.07, 6.45) is -0.621. The van der Waals surface area contributed by atoms with Gasteiger partial charge in [-0.25, -0.2) is 4.79 Å². The summed E-state index contributed by atoms with van der Waals surface area (Å²) in [6.45, 7) is 5.19. The number of hydrogen-bond acceptors (Lipinski definition) is 4. The topological polar surface area (TPSA) is 87.7 Å². The number of carbonyl (C=O) groups is 2. The number of nitrogens with one attached hydrogen (secondary N) is 2. The van der Waals surface area contributed by atoms with Crippen molar-refractivity contribution in [3.8, 4) is 0 Å². The van der Waals surface area contributed by atoms with E-state index in [4.69, 9.17) is 9.84 Å². The SMILES string of the molecule is CNC(CNC(=O)OC(C)(C)C)C(=O)O. The molecule has 0 aromatic carbocycles. The molecule has 0 heterocycles. The van der Waals surface area contributed by atoms with Crippen LogP contribution in [0.15, 0.2) is 0 Å². The Morgan fingerprint density at radius 1 is 1.40 bits per heavy atom. The normalized spacial score (nSPS) is 13.1. The quantitative estimate of drug-likeness (QED) is 0.626. The summed E-state index contributed by atoms with van der Waals surface area (Å²) in [5, 5.41) is 13.6. The molecule has 1 atom stereocenters. The number of ether oxygens (including phenoxy) is 1. The van der Waals surface area contributed by atoms with Gasteiger partial charge < -0.3 is 20.5 Å². The van der Waals surface area contributed by atoms with E-state index in [-0.39, 0.29) is 6.54 Å². The lowest BCUT2D eigenvalue weighted by Gasteiger charge is -2.20. The summed E-state index contributed by atoms with van der Waals surface area (Å²) in [5.74, 6) is -1.02. The van der Waals surface area contributed by atoms with Crippen LogP contribution in [0.2, 0.25) is 0 Å². The van der Waals surface area contributed by atoms with Crippen molar-refractivity contribution in [3.05, 3.63) is 0 Å². The van der Waals surface area contributed by atoms with E-state index in [1.165, 1.54) is 7.05 Å². The number of carboxylic acids is 1. The Morgan fingerprint density at radius 2 is 1.93 bits per heavy atom. The van der Waals surface area contributed by atoms with Crippen LogP contribution in [0, 0.1) is 0 Å². The molecule has 0 aliphatic carbocycles. The molecular weight excluding hydrogens is 200 g/mol. The van der Waals surface area contributed by atoms with Crippen molar-refractivity contribution < 1.29 is 19.4 Å². The van der Waals surface area contributed by atoms with Crippen molar-refractivity contribution in [2.45, 2.75) is 32.4 Å². The summed E-state index contributed by atoms with van der Waals surface area (Å²) >= 11 is 0. The molecule has 0 saturated heterocycles. The number of rotatable bonds is 4. The molecule has 0 aromatic heterocycles. The second kappa shape index (κ2) is 5.55. The Kier molecular flexibility index (Phi) is 5.07. The highest BCUT2D eigenvalue weighted by Crippen LogP contribution is 2.06. The zero-order chi connectivity index (χ0) is 12.1. The molecule has 0 spiro atoms. The first kappa shape index (κ1) is 13.7. The summed E-state index contributed by atoms with van der Waals surface area (Å²) in [7, 11) is 1.51. The first-order valence-electron chi connectivity index (χ1n) is 4.63. The molecule has 1 unspecified atom stereocenters. The fourth-order valence-electron chi connectivity index (χ4n) is 0.812. The van der Waals surface area contributed by atoms with Crippen molar-refractivity contribution in [3.63, 3.8) is 0 Å². The lowest BCUT2D eigenvalue weighted by atomic mass is 10.2. The van der Waals surface area contributed by atoms with Crippen LogP contribution in [0.4, 0.5) is 4.79 Å². The van der Waals surface area contributed by atoms with Gasteiger partial charge in [-0.2, -0.15) is 0 Å². The lowest BCUT2D eigenvalue weighted by Crippen LogP contribution is -2.45. The van der Waals surface area contributed by atoms with Gasteiger partial charge in [-0.15, -0.1) is 0 Å². The largest absolute Gasteiger partial charge is 0.480 e. The number of likely N-dealkylation sites (N-methyl/N-ethyl adjacent to an activating group) is 1. The van der Waals surface area contributed by atoms with Gasteiger partial charge in [0.05, 0.1) is 0 Å². The van der Waals surface area contributed by atoms with Gasteiger partial charge in [0.25, 0.3) is 0 Å². The van der Waals surface area contributed by atoms with Gasteiger partial charge in [-0.3, -0.25) is 4.79 Å². The Balaban J connectivity index is 3.94. The summed E-state index contributed by atoms with van der Waals surface area (Å²) in [5.41, 5.74) is -0.581. The molecule has 0 bridgehead atoms. The first-order chi connectivity index (χ1) is 6.76. The van der Waals surface area contributed by atoms with Gasteiger partial charge in [-0.1, -0.05) is 0 Å². The predicted octanol–water partition coefficient (Wildman–Crippen LogP) is 0.184. The number of amides is 1. The zero-order valence-electron chi connectivity index (χ0n) is 9.46. The van der Waals surface area contributed by atoms with Crippen molar-refractivity contribution in [2.75, 3.05) is 13.6 Å². The van der Waals surface area contributed by atoms with Crippen LogP contribution in [0.1, 0.15) is 20.8 Å². The van der Waals surface area contributed by atoms with Crippen LogP contribution < -0.4 is 10.6 Å². The summed E-state index contributed by atoms with van der Waals surface area (Å²) in [4.78, 5) is 21.7. The third-order valence-electron chi connectivity index (χ3n) is 1.50. The van der Waals surface area contributed by atoms with Gasteiger partial charge in [0.2, 0.25) is 0 Å². The second-order valence-corrected chi connectivity index (χ2v) is 4.06. The van der Waals surface area contributed by atoms with E-state index in [1.54, 1.807) is 20.8 Å². The molecule has 6 nitrogen and oxygen atoms in total. The van der Waals surface area contributed by atoms with Gasteiger partial charge in [0.1, 0.15) is 11.6 Å². The van der Waals surface area contributed by atoms with E-state index in [0.717, 1.165) is 0 Å².